The van der Waals surface area contributed by atoms with Crippen molar-refractivity contribution >= 4 is 29.0 Å². The van der Waals surface area contributed by atoms with Crippen molar-refractivity contribution < 1.29 is 0 Å². The minimum atomic E-state index is 0.381. The lowest BCUT2D eigenvalue weighted by molar-refractivity contribution is 1.22. The zero-order chi connectivity index (χ0) is 8.81. The summed E-state index contributed by atoms with van der Waals surface area (Å²) in [5.41, 5.74) is 7.97. The van der Waals surface area contributed by atoms with E-state index in [-0.39, 0.29) is 0 Å². The van der Waals surface area contributed by atoms with Crippen LogP contribution in [0, 0.1) is 0 Å². The van der Waals surface area contributed by atoms with Crippen molar-refractivity contribution in [3.63, 3.8) is 0 Å². The Morgan fingerprint density at radius 2 is 2.50 bits per heavy atom. The standard InChI is InChI=1S/C7H6ClN3S/c8-7-4-3-6(12-7)2-1-5-10-11-9/h1-4H,5H2. The number of hydrogen-bond acceptors (Lipinski definition) is 2. The lowest BCUT2D eigenvalue weighted by atomic mass is 10.4. The van der Waals surface area contributed by atoms with Crippen molar-refractivity contribution in [2.75, 3.05) is 6.54 Å². The predicted octanol–water partition coefficient (Wildman–Crippen LogP) is 3.73. The van der Waals surface area contributed by atoms with E-state index in [1.54, 1.807) is 6.08 Å². The predicted molar refractivity (Wildman–Crippen MR) is 52.4 cm³/mol. The molecule has 1 rings (SSSR count). The van der Waals surface area contributed by atoms with Gasteiger partial charge < -0.3 is 0 Å². The Balaban J connectivity index is 2.51. The number of thiophene rings is 1. The Hall–Kier alpha value is -0.960. The third-order valence-corrected chi connectivity index (χ3v) is 2.32. The van der Waals surface area contributed by atoms with Crippen LogP contribution in [0.1, 0.15) is 4.88 Å². The molecule has 0 N–H and O–H groups in total. The largest absolute Gasteiger partial charge is 0.124 e. The van der Waals surface area contributed by atoms with E-state index < -0.39 is 0 Å². The summed E-state index contributed by atoms with van der Waals surface area (Å²) in [4.78, 5) is 3.69. The van der Waals surface area contributed by atoms with Crippen molar-refractivity contribution in [1.82, 2.24) is 0 Å². The van der Waals surface area contributed by atoms with Crippen molar-refractivity contribution in [2.45, 2.75) is 0 Å². The van der Waals surface area contributed by atoms with Gasteiger partial charge in [0.2, 0.25) is 0 Å². The molecule has 5 heteroatoms. The average molecular weight is 200 g/mol. The quantitative estimate of drug-likeness (QED) is 0.405. The SMILES string of the molecule is [N-]=[N+]=NCC=Cc1ccc(Cl)s1. The Morgan fingerprint density at radius 3 is 3.08 bits per heavy atom. The molecule has 0 saturated heterocycles. The fourth-order valence-electron chi connectivity index (χ4n) is 0.670. The summed E-state index contributed by atoms with van der Waals surface area (Å²) >= 11 is 7.19. The molecule has 0 aliphatic rings. The molecule has 1 heterocycles. The zero-order valence-electron chi connectivity index (χ0n) is 6.14. The maximum Gasteiger partial charge on any atom is 0.0934 e. The van der Waals surface area contributed by atoms with Crippen LogP contribution in [-0.2, 0) is 0 Å². The number of nitrogens with zero attached hydrogens (tertiary/aromatic N) is 3. The van der Waals surface area contributed by atoms with Crippen LogP contribution in [0.2, 0.25) is 4.34 Å². The highest BCUT2D eigenvalue weighted by Crippen LogP contribution is 2.22. The van der Waals surface area contributed by atoms with Gasteiger partial charge in [-0.25, -0.2) is 0 Å². The van der Waals surface area contributed by atoms with Crippen LogP contribution in [0.15, 0.2) is 23.3 Å². The third kappa shape index (κ3) is 2.96. The summed E-state index contributed by atoms with van der Waals surface area (Å²) in [7, 11) is 0. The van der Waals surface area contributed by atoms with Gasteiger partial charge in [-0.05, 0) is 23.7 Å². The van der Waals surface area contributed by atoms with Crippen LogP contribution in [0.3, 0.4) is 0 Å². The second kappa shape index (κ2) is 4.83. The van der Waals surface area contributed by atoms with Gasteiger partial charge in [-0.2, -0.15) is 0 Å². The van der Waals surface area contributed by atoms with Gasteiger partial charge in [0.15, 0.2) is 0 Å². The molecule has 0 aromatic carbocycles. The van der Waals surface area contributed by atoms with Crippen molar-refractivity contribution in [3.05, 3.63) is 37.9 Å². The molecule has 3 nitrogen and oxygen atoms in total. The van der Waals surface area contributed by atoms with E-state index in [0.29, 0.717) is 6.54 Å². The lowest BCUT2D eigenvalue weighted by Crippen LogP contribution is -1.65. The highest BCUT2D eigenvalue weighted by Gasteiger charge is 1.90. The van der Waals surface area contributed by atoms with Crippen molar-refractivity contribution in [1.29, 1.82) is 0 Å². The minimum Gasteiger partial charge on any atom is -0.124 e. The first-order valence-corrected chi connectivity index (χ1v) is 4.45. The minimum absolute atomic E-state index is 0.381. The molecule has 1 aromatic rings. The maximum atomic E-state index is 7.97. The van der Waals surface area contributed by atoms with Crippen LogP contribution in [0.5, 0.6) is 0 Å². The van der Waals surface area contributed by atoms with Crippen LogP contribution >= 0.6 is 22.9 Å². The Labute approximate surface area is 78.9 Å². The highest BCUT2D eigenvalue weighted by atomic mass is 35.5. The van der Waals surface area contributed by atoms with Crippen LogP contribution in [0.4, 0.5) is 0 Å². The van der Waals surface area contributed by atoms with Gasteiger partial charge in [-0.3, -0.25) is 0 Å². The van der Waals surface area contributed by atoms with Crippen molar-refractivity contribution in [3.8, 4) is 0 Å². The van der Waals surface area contributed by atoms with Crippen LogP contribution in [-0.4, -0.2) is 6.54 Å². The van der Waals surface area contributed by atoms with Gasteiger partial charge in [-0.1, -0.05) is 22.8 Å². The highest BCUT2D eigenvalue weighted by molar-refractivity contribution is 7.16. The maximum absolute atomic E-state index is 7.97. The summed E-state index contributed by atoms with van der Waals surface area (Å²) in [5.74, 6) is 0. The second-order valence-electron chi connectivity index (χ2n) is 1.96. The van der Waals surface area contributed by atoms with Crippen molar-refractivity contribution in [2.24, 2.45) is 5.11 Å². The molecule has 0 atom stereocenters. The average Bonchev–Trinajstić information content (AvgIpc) is 2.45. The molecule has 0 bridgehead atoms. The molecule has 0 spiro atoms. The molecule has 0 radical (unpaired) electrons. The van der Waals surface area contributed by atoms with E-state index in [2.05, 4.69) is 10.0 Å². The monoisotopic (exact) mass is 199 g/mol. The summed E-state index contributed by atoms with van der Waals surface area (Å²) in [6.07, 6.45) is 3.67. The summed E-state index contributed by atoms with van der Waals surface area (Å²) < 4.78 is 0.762. The fraction of sp³-hybridized carbons (Fsp3) is 0.143. The Kier molecular flexibility index (Phi) is 3.67. The van der Waals surface area contributed by atoms with E-state index in [0.717, 1.165) is 9.21 Å². The molecule has 0 aliphatic heterocycles. The fourth-order valence-corrected chi connectivity index (χ4v) is 1.66. The number of hydrogen-bond donors (Lipinski definition) is 0. The number of halogens is 1. The Morgan fingerprint density at radius 1 is 1.67 bits per heavy atom. The molecule has 12 heavy (non-hydrogen) atoms. The molecule has 1 aromatic heterocycles. The van der Waals surface area contributed by atoms with E-state index in [4.69, 9.17) is 17.1 Å². The van der Waals surface area contributed by atoms with Crippen LogP contribution < -0.4 is 0 Å². The molecular weight excluding hydrogens is 194 g/mol. The topological polar surface area (TPSA) is 48.8 Å². The van der Waals surface area contributed by atoms with Gasteiger partial charge in [0.05, 0.1) is 4.34 Å². The summed E-state index contributed by atoms with van der Waals surface area (Å²) in [6, 6.07) is 3.75. The molecule has 0 unspecified atom stereocenters. The summed E-state index contributed by atoms with van der Waals surface area (Å²) in [6.45, 7) is 0.381. The molecule has 0 aliphatic carbocycles. The van der Waals surface area contributed by atoms with E-state index >= 15 is 0 Å². The van der Waals surface area contributed by atoms with E-state index in [9.17, 15) is 0 Å². The first-order valence-electron chi connectivity index (χ1n) is 3.25. The first kappa shape index (κ1) is 9.13. The molecular formula is C7H6ClN3S. The van der Waals surface area contributed by atoms with Gasteiger partial charge in [0, 0.05) is 16.3 Å². The smallest absolute Gasteiger partial charge is 0.0934 e. The second-order valence-corrected chi connectivity index (χ2v) is 3.70. The molecule has 0 fully saturated rings. The Bertz CT molecular complexity index is 325. The lowest BCUT2D eigenvalue weighted by Gasteiger charge is -1.80. The van der Waals surface area contributed by atoms with E-state index in [1.165, 1.54) is 11.3 Å². The molecule has 62 valence electrons. The number of rotatable bonds is 3. The third-order valence-electron chi connectivity index (χ3n) is 1.13. The molecule has 0 amide bonds. The summed E-state index contributed by atoms with van der Waals surface area (Å²) in [5, 5.41) is 3.36. The normalized spacial score (nSPS) is 10.1. The van der Waals surface area contributed by atoms with Gasteiger partial charge in [0.1, 0.15) is 0 Å². The van der Waals surface area contributed by atoms with Gasteiger partial charge in [-0.15, -0.1) is 11.3 Å². The van der Waals surface area contributed by atoms with Gasteiger partial charge >= 0.3 is 0 Å². The van der Waals surface area contributed by atoms with Crippen LogP contribution in [0.25, 0.3) is 16.5 Å². The van der Waals surface area contributed by atoms with Gasteiger partial charge in [0.25, 0.3) is 0 Å². The van der Waals surface area contributed by atoms with E-state index in [1.807, 2.05) is 18.2 Å². The number of azide groups is 1. The molecule has 0 saturated carbocycles. The first-order chi connectivity index (χ1) is 5.83. The zero-order valence-corrected chi connectivity index (χ0v) is 7.72.